The van der Waals surface area contributed by atoms with Gasteiger partial charge in [0, 0.05) is 22.7 Å². The summed E-state index contributed by atoms with van der Waals surface area (Å²) in [6.45, 7) is 0.414. The van der Waals surface area contributed by atoms with Crippen molar-refractivity contribution in [2.45, 2.75) is 12.5 Å². The van der Waals surface area contributed by atoms with E-state index in [9.17, 15) is 14.3 Å². The quantitative estimate of drug-likeness (QED) is 0.417. The molecule has 1 atom stereocenters. The fourth-order valence-electron chi connectivity index (χ4n) is 4.16. The summed E-state index contributed by atoms with van der Waals surface area (Å²) in [6.07, 6.45) is 2.33. The number of halogens is 1. The Hall–Kier alpha value is -3.84. The lowest BCUT2D eigenvalue weighted by atomic mass is 9.99. The molecule has 1 aliphatic heterocycles. The highest BCUT2D eigenvalue weighted by atomic mass is 19.1. The number of hydrogen-bond donors (Lipinski definition) is 3. The van der Waals surface area contributed by atoms with E-state index in [1.165, 1.54) is 6.07 Å². The Morgan fingerprint density at radius 2 is 1.88 bits per heavy atom. The Labute approximate surface area is 190 Å². The summed E-state index contributed by atoms with van der Waals surface area (Å²) < 4.78 is 25.9. The number of aliphatic hydroxyl groups excluding tert-OH is 1. The predicted octanol–water partition coefficient (Wildman–Crippen LogP) is 4.08. The number of amides is 1. The minimum absolute atomic E-state index is 0.238. The first-order valence-corrected chi connectivity index (χ1v) is 10.8. The van der Waals surface area contributed by atoms with Crippen LogP contribution in [0.2, 0.25) is 0 Å². The summed E-state index contributed by atoms with van der Waals surface area (Å²) in [6, 6.07) is 17.0. The number of aliphatic hydroxyl groups is 1. The standard InChI is InChI=1S/C26H23FN2O4/c27-22-7-3-1-5-19(22)16-12-21(25-24(13-16)32-9-10-33-25)26(31)29-18(15-30)11-17-14-28-23-8-4-2-6-20(17)23/h1-8,12-14,18,28,30H,9-11,15H2,(H,29,31)/t18-/m1/s1. The van der Waals surface area contributed by atoms with E-state index < -0.39 is 17.8 Å². The van der Waals surface area contributed by atoms with Crippen LogP contribution < -0.4 is 14.8 Å². The number of carbonyl (C=O) groups is 1. The van der Waals surface area contributed by atoms with Gasteiger partial charge in [0.2, 0.25) is 0 Å². The maximum Gasteiger partial charge on any atom is 0.255 e. The molecule has 33 heavy (non-hydrogen) atoms. The van der Waals surface area contributed by atoms with Gasteiger partial charge < -0.3 is 24.9 Å². The molecule has 0 aliphatic carbocycles. The molecule has 1 aromatic heterocycles. The van der Waals surface area contributed by atoms with Crippen molar-refractivity contribution in [2.75, 3.05) is 19.8 Å². The summed E-state index contributed by atoms with van der Waals surface area (Å²) in [4.78, 5) is 16.5. The number of aromatic nitrogens is 1. The SMILES string of the molecule is O=C(N[C@@H](CO)Cc1c[nH]c2ccccc12)c1cc(-c2ccccc2F)cc2c1OCCO2. The van der Waals surface area contributed by atoms with Gasteiger partial charge in [-0.05, 0) is 41.8 Å². The van der Waals surface area contributed by atoms with Crippen LogP contribution in [-0.2, 0) is 6.42 Å². The average Bonchev–Trinajstić information content (AvgIpc) is 3.26. The van der Waals surface area contributed by atoms with E-state index in [4.69, 9.17) is 9.47 Å². The van der Waals surface area contributed by atoms with Crippen LogP contribution in [0.5, 0.6) is 11.5 Å². The third-order valence-electron chi connectivity index (χ3n) is 5.77. The molecule has 0 saturated heterocycles. The van der Waals surface area contributed by atoms with Crippen LogP contribution in [0.3, 0.4) is 0 Å². The highest BCUT2D eigenvalue weighted by molar-refractivity contribution is 5.99. The molecule has 0 bridgehead atoms. The minimum Gasteiger partial charge on any atom is -0.486 e. The molecule has 0 spiro atoms. The Morgan fingerprint density at radius 3 is 2.73 bits per heavy atom. The van der Waals surface area contributed by atoms with Crippen molar-refractivity contribution in [1.82, 2.24) is 10.3 Å². The van der Waals surface area contributed by atoms with Crippen LogP contribution in [0.15, 0.2) is 66.9 Å². The number of hydrogen-bond acceptors (Lipinski definition) is 4. The number of nitrogens with one attached hydrogen (secondary N) is 2. The van der Waals surface area contributed by atoms with E-state index in [0.717, 1.165) is 16.5 Å². The van der Waals surface area contributed by atoms with Crippen LogP contribution in [0.4, 0.5) is 4.39 Å². The normalized spacial score (nSPS) is 13.6. The first-order valence-electron chi connectivity index (χ1n) is 10.8. The van der Waals surface area contributed by atoms with E-state index in [1.54, 1.807) is 30.3 Å². The molecule has 3 aromatic carbocycles. The summed E-state index contributed by atoms with van der Waals surface area (Å²) in [5.41, 5.74) is 3.10. The molecule has 6 nitrogen and oxygen atoms in total. The van der Waals surface area contributed by atoms with Crippen molar-refractivity contribution in [3.63, 3.8) is 0 Å². The number of para-hydroxylation sites is 1. The number of aromatic amines is 1. The van der Waals surface area contributed by atoms with Gasteiger partial charge >= 0.3 is 0 Å². The fourth-order valence-corrected chi connectivity index (χ4v) is 4.16. The molecule has 0 unspecified atom stereocenters. The number of H-pyrrole nitrogens is 1. The molecular weight excluding hydrogens is 423 g/mol. The zero-order valence-corrected chi connectivity index (χ0v) is 17.8. The van der Waals surface area contributed by atoms with Gasteiger partial charge in [-0.15, -0.1) is 0 Å². The second kappa shape index (κ2) is 8.96. The Balaban J connectivity index is 1.45. The second-order valence-electron chi connectivity index (χ2n) is 7.94. The number of rotatable bonds is 6. The van der Waals surface area contributed by atoms with Gasteiger partial charge in [-0.2, -0.15) is 0 Å². The summed E-state index contributed by atoms with van der Waals surface area (Å²) in [5.74, 6) is -0.103. The molecule has 5 rings (SSSR count). The molecule has 4 aromatic rings. The van der Waals surface area contributed by atoms with Gasteiger partial charge in [0.25, 0.3) is 5.91 Å². The lowest BCUT2D eigenvalue weighted by Crippen LogP contribution is -2.39. The van der Waals surface area contributed by atoms with Crippen molar-refractivity contribution in [2.24, 2.45) is 0 Å². The van der Waals surface area contributed by atoms with Crippen molar-refractivity contribution in [3.8, 4) is 22.6 Å². The Kier molecular flexibility index (Phi) is 5.71. The Morgan fingerprint density at radius 1 is 1.09 bits per heavy atom. The first kappa shape index (κ1) is 21.0. The smallest absolute Gasteiger partial charge is 0.255 e. The molecule has 0 fully saturated rings. The van der Waals surface area contributed by atoms with E-state index in [2.05, 4.69) is 10.3 Å². The van der Waals surface area contributed by atoms with Gasteiger partial charge in [0.05, 0.1) is 18.2 Å². The number of ether oxygens (including phenoxy) is 2. The van der Waals surface area contributed by atoms with Crippen LogP contribution in [-0.4, -0.2) is 41.9 Å². The van der Waals surface area contributed by atoms with Crippen molar-refractivity contribution >= 4 is 16.8 Å². The van der Waals surface area contributed by atoms with E-state index >= 15 is 0 Å². The van der Waals surface area contributed by atoms with Gasteiger partial charge in [0.15, 0.2) is 11.5 Å². The maximum atomic E-state index is 14.4. The Bertz CT molecular complexity index is 1320. The van der Waals surface area contributed by atoms with Crippen molar-refractivity contribution in [1.29, 1.82) is 0 Å². The minimum atomic E-state index is -0.519. The van der Waals surface area contributed by atoms with E-state index in [-0.39, 0.29) is 12.2 Å². The van der Waals surface area contributed by atoms with Gasteiger partial charge in [-0.3, -0.25) is 4.79 Å². The van der Waals surface area contributed by atoms with E-state index in [0.29, 0.717) is 42.3 Å². The predicted molar refractivity (Wildman–Crippen MR) is 123 cm³/mol. The zero-order valence-electron chi connectivity index (χ0n) is 17.8. The monoisotopic (exact) mass is 446 g/mol. The van der Waals surface area contributed by atoms with Crippen molar-refractivity contribution in [3.05, 3.63) is 83.8 Å². The topological polar surface area (TPSA) is 83.6 Å². The van der Waals surface area contributed by atoms with Crippen LogP contribution in [0.1, 0.15) is 15.9 Å². The number of benzene rings is 3. The van der Waals surface area contributed by atoms with Gasteiger partial charge in [-0.25, -0.2) is 4.39 Å². The van der Waals surface area contributed by atoms with Crippen LogP contribution >= 0.6 is 0 Å². The molecule has 2 heterocycles. The van der Waals surface area contributed by atoms with Crippen LogP contribution in [0.25, 0.3) is 22.0 Å². The lowest BCUT2D eigenvalue weighted by molar-refractivity contribution is 0.0906. The van der Waals surface area contributed by atoms with Crippen molar-refractivity contribution < 1.29 is 23.8 Å². The molecule has 168 valence electrons. The molecule has 0 radical (unpaired) electrons. The fraction of sp³-hybridized carbons (Fsp3) is 0.192. The highest BCUT2D eigenvalue weighted by Crippen LogP contribution is 2.39. The number of fused-ring (bicyclic) bond motifs is 2. The average molecular weight is 446 g/mol. The third-order valence-corrected chi connectivity index (χ3v) is 5.77. The number of carbonyl (C=O) groups excluding carboxylic acids is 1. The zero-order chi connectivity index (χ0) is 22.8. The molecule has 7 heteroatoms. The molecule has 1 aliphatic rings. The van der Waals surface area contributed by atoms with E-state index in [1.807, 2.05) is 30.5 Å². The first-order chi connectivity index (χ1) is 16.1. The van der Waals surface area contributed by atoms with Gasteiger partial charge in [-0.1, -0.05) is 36.4 Å². The summed E-state index contributed by atoms with van der Waals surface area (Å²) in [5, 5.41) is 13.9. The second-order valence-corrected chi connectivity index (χ2v) is 7.94. The summed E-state index contributed by atoms with van der Waals surface area (Å²) in [7, 11) is 0. The molecule has 3 N–H and O–H groups in total. The molecule has 1 amide bonds. The highest BCUT2D eigenvalue weighted by Gasteiger charge is 2.25. The lowest BCUT2D eigenvalue weighted by Gasteiger charge is -2.23. The molecule has 0 saturated carbocycles. The summed E-state index contributed by atoms with van der Waals surface area (Å²) >= 11 is 0. The third kappa shape index (κ3) is 4.15. The van der Waals surface area contributed by atoms with Gasteiger partial charge in [0.1, 0.15) is 19.0 Å². The molecular formula is C26H23FN2O4. The maximum absolute atomic E-state index is 14.4. The van der Waals surface area contributed by atoms with Crippen LogP contribution in [0, 0.1) is 5.82 Å². The largest absolute Gasteiger partial charge is 0.486 e.